The quantitative estimate of drug-likeness (QED) is 0.619. The second kappa shape index (κ2) is 8.23. The molecule has 3 aromatic rings. The molecule has 4 nitrogen and oxygen atoms in total. The molecule has 140 valence electrons. The number of amides is 1. The van der Waals surface area contributed by atoms with Gasteiger partial charge in [0.1, 0.15) is 11.5 Å². The maximum absolute atomic E-state index is 13.7. The van der Waals surface area contributed by atoms with Gasteiger partial charge in [-0.25, -0.2) is 0 Å². The van der Waals surface area contributed by atoms with Crippen LogP contribution in [0, 0.1) is 6.92 Å². The third kappa shape index (κ3) is 3.81. The molecule has 0 saturated heterocycles. The minimum Gasteiger partial charge on any atom is -0.464 e. The van der Waals surface area contributed by atoms with Gasteiger partial charge < -0.3 is 14.1 Å². The highest BCUT2D eigenvalue weighted by Crippen LogP contribution is 2.36. The Hall–Kier alpha value is -2.85. The number of nitrogens with zero attached hydrogens (tertiary/aromatic N) is 1. The van der Waals surface area contributed by atoms with E-state index in [9.17, 15) is 4.79 Å². The molecule has 0 spiro atoms. The highest BCUT2D eigenvalue weighted by Gasteiger charge is 2.44. The van der Waals surface area contributed by atoms with Gasteiger partial charge in [-0.15, -0.1) is 0 Å². The molecule has 2 aromatic carbocycles. The zero-order valence-corrected chi connectivity index (χ0v) is 16.0. The Kier molecular flexibility index (Phi) is 5.77. The van der Waals surface area contributed by atoms with Crippen LogP contribution in [0.5, 0.6) is 0 Å². The molecule has 0 radical (unpaired) electrons. The first-order valence-corrected chi connectivity index (χ1v) is 9.13. The van der Waals surface area contributed by atoms with Gasteiger partial charge in [0.25, 0.3) is 5.91 Å². The zero-order valence-electron chi connectivity index (χ0n) is 16.0. The summed E-state index contributed by atoms with van der Waals surface area (Å²) in [5.74, 6) is 1.44. The molecule has 0 bridgehead atoms. The fourth-order valence-corrected chi connectivity index (χ4v) is 3.35. The van der Waals surface area contributed by atoms with Crippen molar-refractivity contribution in [2.24, 2.45) is 0 Å². The molecule has 27 heavy (non-hydrogen) atoms. The van der Waals surface area contributed by atoms with E-state index < -0.39 is 5.60 Å². The topological polar surface area (TPSA) is 42.7 Å². The van der Waals surface area contributed by atoms with Crippen LogP contribution >= 0.6 is 0 Å². The Morgan fingerprint density at radius 3 is 1.96 bits per heavy atom. The highest BCUT2D eigenvalue weighted by molar-refractivity contribution is 5.90. The Morgan fingerprint density at radius 2 is 1.52 bits per heavy atom. The molecule has 4 heteroatoms. The van der Waals surface area contributed by atoms with Crippen molar-refractivity contribution in [3.8, 4) is 0 Å². The third-order valence-corrected chi connectivity index (χ3v) is 4.56. The van der Waals surface area contributed by atoms with E-state index in [1.54, 1.807) is 11.9 Å². The van der Waals surface area contributed by atoms with Crippen LogP contribution in [-0.2, 0) is 21.7 Å². The SMILES string of the molecule is CCOC(C(=O)N(C)Cc1ccc(C)o1)(c1ccccc1)c1ccccc1. The summed E-state index contributed by atoms with van der Waals surface area (Å²) in [6.07, 6.45) is 0. The number of carbonyl (C=O) groups excluding carboxylic acids is 1. The fraction of sp³-hybridized carbons (Fsp3) is 0.261. The van der Waals surface area contributed by atoms with Crippen molar-refractivity contribution in [1.82, 2.24) is 4.90 Å². The van der Waals surface area contributed by atoms with E-state index in [2.05, 4.69) is 0 Å². The number of likely N-dealkylation sites (N-methyl/N-ethyl adjacent to an activating group) is 1. The molecular formula is C23H25NO3. The molecule has 3 rings (SSSR count). The van der Waals surface area contributed by atoms with Crippen molar-refractivity contribution in [2.45, 2.75) is 26.0 Å². The van der Waals surface area contributed by atoms with Crippen molar-refractivity contribution in [3.63, 3.8) is 0 Å². The van der Waals surface area contributed by atoms with Crippen LogP contribution in [0.1, 0.15) is 29.6 Å². The predicted molar refractivity (Wildman–Crippen MR) is 105 cm³/mol. The summed E-state index contributed by atoms with van der Waals surface area (Å²) in [6, 6.07) is 23.1. The van der Waals surface area contributed by atoms with Gasteiger partial charge in [0.2, 0.25) is 0 Å². The average molecular weight is 363 g/mol. The molecule has 0 fully saturated rings. The third-order valence-electron chi connectivity index (χ3n) is 4.56. The van der Waals surface area contributed by atoms with Crippen LogP contribution in [0.4, 0.5) is 0 Å². The highest BCUT2D eigenvalue weighted by atomic mass is 16.5. The van der Waals surface area contributed by atoms with Crippen LogP contribution in [0.3, 0.4) is 0 Å². The second-order valence-electron chi connectivity index (χ2n) is 6.52. The molecule has 0 unspecified atom stereocenters. The van der Waals surface area contributed by atoms with E-state index in [4.69, 9.17) is 9.15 Å². The van der Waals surface area contributed by atoms with Crippen LogP contribution in [0.25, 0.3) is 0 Å². The number of ether oxygens (including phenoxy) is 1. The molecule has 0 aliphatic rings. The lowest BCUT2D eigenvalue weighted by Crippen LogP contribution is -2.48. The zero-order chi connectivity index (χ0) is 19.3. The number of rotatable bonds is 7. The number of hydrogen-bond donors (Lipinski definition) is 0. The Bertz CT molecular complexity index is 831. The standard InChI is InChI=1S/C23H25NO3/c1-4-26-23(19-11-7-5-8-12-19,20-13-9-6-10-14-20)22(25)24(3)17-21-16-15-18(2)27-21/h5-16H,4,17H2,1-3H3. The predicted octanol–water partition coefficient (Wildman–Crippen LogP) is 4.53. The lowest BCUT2D eigenvalue weighted by molar-refractivity contribution is -0.153. The van der Waals surface area contributed by atoms with Crippen molar-refractivity contribution < 1.29 is 13.9 Å². The van der Waals surface area contributed by atoms with E-state index in [-0.39, 0.29) is 5.91 Å². The van der Waals surface area contributed by atoms with Crippen molar-refractivity contribution in [3.05, 3.63) is 95.4 Å². The van der Waals surface area contributed by atoms with E-state index >= 15 is 0 Å². The smallest absolute Gasteiger partial charge is 0.264 e. The largest absolute Gasteiger partial charge is 0.464 e. The van der Waals surface area contributed by atoms with Gasteiger partial charge >= 0.3 is 0 Å². The lowest BCUT2D eigenvalue weighted by Gasteiger charge is -2.36. The summed E-state index contributed by atoms with van der Waals surface area (Å²) < 4.78 is 11.9. The Morgan fingerprint density at radius 1 is 0.963 bits per heavy atom. The molecule has 1 aromatic heterocycles. The van der Waals surface area contributed by atoms with Gasteiger partial charge in [-0.2, -0.15) is 0 Å². The second-order valence-corrected chi connectivity index (χ2v) is 6.52. The van der Waals surface area contributed by atoms with Crippen LogP contribution in [-0.4, -0.2) is 24.5 Å². The lowest BCUT2D eigenvalue weighted by atomic mass is 9.84. The molecule has 0 aliphatic carbocycles. The molecule has 1 amide bonds. The van der Waals surface area contributed by atoms with Gasteiger partial charge in [0, 0.05) is 13.7 Å². The van der Waals surface area contributed by atoms with Gasteiger partial charge in [-0.3, -0.25) is 4.79 Å². The molecule has 0 atom stereocenters. The van der Waals surface area contributed by atoms with E-state index in [0.717, 1.165) is 22.6 Å². The van der Waals surface area contributed by atoms with Gasteiger partial charge in [0.05, 0.1) is 6.54 Å². The summed E-state index contributed by atoms with van der Waals surface area (Å²) >= 11 is 0. The van der Waals surface area contributed by atoms with Crippen LogP contribution in [0.15, 0.2) is 77.2 Å². The number of furan rings is 1. The van der Waals surface area contributed by atoms with Gasteiger partial charge in [-0.05, 0) is 37.1 Å². The molecule has 0 aliphatic heterocycles. The fourth-order valence-electron chi connectivity index (χ4n) is 3.35. The Balaban J connectivity index is 2.06. The molecule has 1 heterocycles. The van der Waals surface area contributed by atoms with E-state index in [0.29, 0.717) is 13.2 Å². The monoisotopic (exact) mass is 363 g/mol. The molecule has 0 N–H and O–H groups in total. The summed E-state index contributed by atoms with van der Waals surface area (Å²) in [5.41, 5.74) is 0.421. The maximum Gasteiger partial charge on any atom is 0.264 e. The van der Waals surface area contributed by atoms with E-state index in [1.165, 1.54) is 0 Å². The van der Waals surface area contributed by atoms with Gasteiger partial charge in [-0.1, -0.05) is 60.7 Å². The summed E-state index contributed by atoms with van der Waals surface area (Å²) in [4.78, 5) is 15.4. The van der Waals surface area contributed by atoms with E-state index in [1.807, 2.05) is 86.6 Å². The number of aryl methyl sites for hydroxylation is 1. The van der Waals surface area contributed by atoms with Crippen molar-refractivity contribution in [1.29, 1.82) is 0 Å². The number of carbonyl (C=O) groups is 1. The normalized spacial score (nSPS) is 11.4. The maximum atomic E-state index is 13.7. The van der Waals surface area contributed by atoms with Gasteiger partial charge in [0.15, 0.2) is 5.60 Å². The first-order chi connectivity index (χ1) is 13.1. The summed E-state index contributed by atoms with van der Waals surface area (Å²) in [6.45, 7) is 4.58. The molecule has 0 saturated carbocycles. The number of benzene rings is 2. The first-order valence-electron chi connectivity index (χ1n) is 9.13. The first kappa shape index (κ1) is 18.9. The average Bonchev–Trinajstić information content (AvgIpc) is 3.11. The van der Waals surface area contributed by atoms with Crippen molar-refractivity contribution >= 4 is 5.91 Å². The summed E-state index contributed by atoms with van der Waals surface area (Å²) in [5, 5.41) is 0. The molecular weight excluding hydrogens is 338 g/mol. The minimum absolute atomic E-state index is 0.129. The Labute approximate surface area is 160 Å². The van der Waals surface area contributed by atoms with Crippen LogP contribution < -0.4 is 0 Å². The van der Waals surface area contributed by atoms with Crippen molar-refractivity contribution in [2.75, 3.05) is 13.7 Å². The minimum atomic E-state index is -1.20. The number of hydrogen-bond acceptors (Lipinski definition) is 3. The van der Waals surface area contributed by atoms with Crippen LogP contribution in [0.2, 0.25) is 0 Å². The summed E-state index contributed by atoms with van der Waals surface area (Å²) in [7, 11) is 1.78.